The average molecular weight is 236 g/mol. The number of rotatable bonds is 10. The van der Waals surface area contributed by atoms with E-state index in [1.54, 1.807) is 0 Å². The van der Waals surface area contributed by atoms with Crippen LogP contribution in [0.2, 0.25) is 0 Å². The van der Waals surface area contributed by atoms with E-state index in [9.17, 15) is 0 Å². The van der Waals surface area contributed by atoms with Crippen molar-refractivity contribution >= 4 is 0 Å². The summed E-state index contributed by atoms with van der Waals surface area (Å²) >= 11 is 0. The van der Waals surface area contributed by atoms with Gasteiger partial charge in [-0.1, -0.05) is 39.5 Å². The van der Waals surface area contributed by atoms with Crippen molar-refractivity contribution in [3.8, 4) is 0 Å². The monoisotopic (exact) mass is 236 g/mol. The molecule has 1 rings (SSSR count). The van der Waals surface area contributed by atoms with Gasteiger partial charge in [-0.3, -0.25) is 0 Å². The maximum atomic E-state index is 3.44. The molecule has 0 bridgehead atoms. The molecule has 1 N–H and O–H groups in total. The van der Waals surface area contributed by atoms with Gasteiger partial charge in [0.2, 0.25) is 0 Å². The van der Waals surface area contributed by atoms with E-state index in [0.29, 0.717) is 0 Å². The summed E-state index contributed by atoms with van der Waals surface area (Å²) in [6, 6.07) is 2.23. The molecule has 0 aliphatic rings. The second-order valence-electron chi connectivity index (χ2n) is 4.85. The predicted molar refractivity (Wildman–Crippen MR) is 75.2 cm³/mol. The zero-order valence-corrected chi connectivity index (χ0v) is 11.5. The lowest BCUT2D eigenvalue weighted by Gasteiger charge is -2.03. The maximum absolute atomic E-state index is 3.44. The van der Waals surface area contributed by atoms with Gasteiger partial charge in [-0.05, 0) is 31.0 Å². The minimum Gasteiger partial charge on any atom is -0.354 e. The van der Waals surface area contributed by atoms with Crippen molar-refractivity contribution < 1.29 is 0 Å². The summed E-state index contributed by atoms with van der Waals surface area (Å²) in [5, 5.41) is 3.44. The highest BCUT2D eigenvalue weighted by Crippen LogP contribution is 2.06. The number of nitrogens with one attached hydrogen (secondary N) is 1. The quantitative estimate of drug-likeness (QED) is 0.608. The molecule has 0 amide bonds. The van der Waals surface area contributed by atoms with Gasteiger partial charge in [0.15, 0.2) is 0 Å². The molecule has 0 radical (unpaired) electrons. The van der Waals surface area contributed by atoms with Gasteiger partial charge < -0.3 is 9.88 Å². The first-order valence-corrected chi connectivity index (χ1v) is 7.22. The maximum Gasteiger partial charge on any atom is 0.0220 e. The second kappa shape index (κ2) is 9.29. The molecular formula is C15H28N2. The fourth-order valence-electron chi connectivity index (χ4n) is 2.04. The van der Waals surface area contributed by atoms with Gasteiger partial charge in [-0.25, -0.2) is 0 Å². The van der Waals surface area contributed by atoms with Crippen molar-refractivity contribution in [1.29, 1.82) is 0 Å². The topological polar surface area (TPSA) is 17.0 Å². The van der Waals surface area contributed by atoms with E-state index in [2.05, 4.69) is 42.2 Å². The van der Waals surface area contributed by atoms with E-state index in [1.807, 2.05) is 0 Å². The third-order valence-corrected chi connectivity index (χ3v) is 3.09. The van der Waals surface area contributed by atoms with Crippen LogP contribution in [0.15, 0.2) is 18.5 Å². The zero-order valence-electron chi connectivity index (χ0n) is 11.5. The van der Waals surface area contributed by atoms with Crippen LogP contribution >= 0.6 is 0 Å². The van der Waals surface area contributed by atoms with E-state index >= 15 is 0 Å². The smallest absolute Gasteiger partial charge is 0.0220 e. The molecule has 2 nitrogen and oxygen atoms in total. The van der Waals surface area contributed by atoms with Crippen LogP contribution in [0.1, 0.15) is 57.9 Å². The summed E-state index contributed by atoms with van der Waals surface area (Å²) in [6.07, 6.45) is 12.5. The summed E-state index contributed by atoms with van der Waals surface area (Å²) in [6.45, 7) is 7.77. The lowest BCUT2D eigenvalue weighted by molar-refractivity contribution is 0.568. The molecule has 0 saturated carbocycles. The lowest BCUT2D eigenvalue weighted by atomic mass is 10.1. The number of hydrogen-bond acceptors (Lipinski definition) is 1. The predicted octanol–water partition coefficient (Wildman–Crippen LogP) is 3.96. The first kappa shape index (κ1) is 14.3. The minimum atomic E-state index is 1.01. The molecular weight excluding hydrogens is 208 g/mol. The van der Waals surface area contributed by atoms with Crippen LogP contribution in [0.25, 0.3) is 0 Å². The van der Waals surface area contributed by atoms with Gasteiger partial charge in [-0.15, -0.1) is 0 Å². The summed E-state index contributed by atoms with van der Waals surface area (Å²) in [5.74, 6) is 0. The van der Waals surface area contributed by atoms with Crippen LogP contribution in [-0.2, 0) is 13.1 Å². The highest BCUT2D eigenvalue weighted by molar-refractivity contribution is 5.09. The van der Waals surface area contributed by atoms with Gasteiger partial charge >= 0.3 is 0 Å². The molecule has 0 unspecified atom stereocenters. The van der Waals surface area contributed by atoms with Crippen molar-refractivity contribution in [2.75, 3.05) is 6.54 Å². The highest BCUT2D eigenvalue weighted by atomic mass is 14.9. The molecule has 2 heteroatoms. The second-order valence-corrected chi connectivity index (χ2v) is 4.85. The van der Waals surface area contributed by atoms with E-state index in [0.717, 1.165) is 13.1 Å². The molecule has 1 aromatic rings. The molecule has 17 heavy (non-hydrogen) atoms. The van der Waals surface area contributed by atoms with E-state index < -0.39 is 0 Å². The molecule has 0 fully saturated rings. The number of hydrogen-bond donors (Lipinski definition) is 1. The van der Waals surface area contributed by atoms with Crippen LogP contribution < -0.4 is 5.32 Å². The van der Waals surface area contributed by atoms with Gasteiger partial charge in [0.05, 0.1) is 0 Å². The molecule has 1 aromatic heterocycles. The molecule has 0 atom stereocenters. The first-order valence-electron chi connectivity index (χ1n) is 7.22. The number of aromatic nitrogens is 1. The molecule has 98 valence electrons. The molecule has 1 heterocycles. The largest absolute Gasteiger partial charge is 0.354 e. The summed E-state index contributed by atoms with van der Waals surface area (Å²) < 4.78 is 2.33. The lowest BCUT2D eigenvalue weighted by Crippen LogP contribution is -2.13. The zero-order chi connectivity index (χ0) is 12.3. The van der Waals surface area contributed by atoms with E-state index in [-0.39, 0.29) is 0 Å². The SMILES string of the molecule is CCCCCCCn1ccc(CNCCC)c1. The summed E-state index contributed by atoms with van der Waals surface area (Å²) in [4.78, 5) is 0. The van der Waals surface area contributed by atoms with Crippen molar-refractivity contribution in [2.24, 2.45) is 0 Å². The number of aryl methyl sites for hydroxylation is 1. The van der Waals surface area contributed by atoms with Crippen LogP contribution in [0, 0.1) is 0 Å². The van der Waals surface area contributed by atoms with Gasteiger partial charge in [0.25, 0.3) is 0 Å². The number of nitrogens with zero attached hydrogens (tertiary/aromatic N) is 1. The van der Waals surface area contributed by atoms with Crippen LogP contribution in [0.3, 0.4) is 0 Å². The first-order chi connectivity index (χ1) is 8.36. The molecule has 0 saturated heterocycles. The van der Waals surface area contributed by atoms with E-state index in [1.165, 1.54) is 50.6 Å². The fraction of sp³-hybridized carbons (Fsp3) is 0.733. The van der Waals surface area contributed by atoms with Gasteiger partial charge in [0.1, 0.15) is 0 Å². The van der Waals surface area contributed by atoms with Crippen LogP contribution in [0.5, 0.6) is 0 Å². The Morgan fingerprint density at radius 3 is 2.65 bits per heavy atom. The van der Waals surface area contributed by atoms with E-state index in [4.69, 9.17) is 0 Å². The Hall–Kier alpha value is -0.760. The molecule has 0 aromatic carbocycles. The highest BCUT2D eigenvalue weighted by Gasteiger charge is 1.96. The minimum absolute atomic E-state index is 1.01. The number of unbranched alkanes of at least 4 members (excludes halogenated alkanes) is 4. The Bertz CT molecular complexity index is 278. The van der Waals surface area contributed by atoms with Gasteiger partial charge in [-0.2, -0.15) is 0 Å². The Morgan fingerprint density at radius 1 is 1.06 bits per heavy atom. The average Bonchev–Trinajstić information content (AvgIpc) is 2.77. The summed E-state index contributed by atoms with van der Waals surface area (Å²) in [7, 11) is 0. The molecule has 0 aliphatic heterocycles. The van der Waals surface area contributed by atoms with Crippen molar-refractivity contribution in [3.63, 3.8) is 0 Å². The third-order valence-electron chi connectivity index (χ3n) is 3.09. The fourth-order valence-corrected chi connectivity index (χ4v) is 2.04. The van der Waals surface area contributed by atoms with Crippen LogP contribution in [0.4, 0.5) is 0 Å². The third kappa shape index (κ3) is 6.52. The normalized spacial score (nSPS) is 10.9. The Balaban J connectivity index is 2.12. The van der Waals surface area contributed by atoms with Crippen molar-refractivity contribution in [1.82, 2.24) is 9.88 Å². The Morgan fingerprint density at radius 2 is 1.88 bits per heavy atom. The van der Waals surface area contributed by atoms with Crippen LogP contribution in [-0.4, -0.2) is 11.1 Å². The molecule has 0 spiro atoms. The van der Waals surface area contributed by atoms with Crippen molar-refractivity contribution in [2.45, 2.75) is 65.5 Å². The Kier molecular flexibility index (Phi) is 7.81. The van der Waals surface area contributed by atoms with Crippen molar-refractivity contribution in [3.05, 3.63) is 24.0 Å². The Labute approximate surface area is 106 Å². The standard InChI is InChI=1S/C15H28N2/c1-3-5-6-7-8-11-17-12-9-15(14-17)13-16-10-4-2/h9,12,14,16H,3-8,10-11,13H2,1-2H3. The van der Waals surface area contributed by atoms with Gasteiger partial charge in [0, 0.05) is 25.5 Å². The molecule has 0 aliphatic carbocycles. The summed E-state index contributed by atoms with van der Waals surface area (Å²) in [5.41, 5.74) is 1.41.